The maximum absolute atomic E-state index is 4.87. The lowest BCUT2D eigenvalue weighted by Crippen LogP contribution is -1.81. The largest absolute Gasteiger partial charge is 0.428 e. The zero-order chi connectivity index (χ0) is 7.40. The van der Waals surface area contributed by atoms with Gasteiger partial charge < -0.3 is 3.07 Å². The number of aromatic nitrogens is 1. The van der Waals surface area contributed by atoms with Crippen LogP contribution in [0, 0.1) is 0 Å². The van der Waals surface area contributed by atoms with Crippen molar-refractivity contribution in [2.75, 3.05) is 0 Å². The van der Waals surface area contributed by atoms with E-state index in [1.165, 1.54) is 0 Å². The molecule has 52 valence electrons. The first-order valence-corrected chi connectivity index (χ1v) is 3.60. The Morgan fingerprint density at radius 2 is 2.50 bits per heavy atom. The first-order valence-electron chi connectivity index (χ1n) is 2.72. The van der Waals surface area contributed by atoms with Gasteiger partial charge in [-0.1, -0.05) is 6.58 Å². The van der Waals surface area contributed by atoms with Gasteiger partial charge >= 0.3 is 0 Å². The summed E-state index contributed by atoms with van der Waals surface area (Å²) >= 11 is 1.79. The van der Waals surface area contributed by atoms with E-state index in [9.17, 15) is 0 Å². The molecular weight excluding hydrogens is 241 g/mol. The summed E-state index contributed by atoms with van der Waals surface area (Å²) in [4.78, 5) is 3.91. The minimum Gasteiger partial charge on any atom is -0.428 e. The minimum absolute atomic E-state index is 0.633. The molecule has 3 heteroatoms. The molecule has 1 aromatic heterocycles. The molecule has 0 saturated heterocycles. The average molecular weight is 247 g/mol. The van der Waals surface area contributed by atoms with Gasteiger partial charge in [-0.3, -0.25) is 4.98 Å². The van der Waals surface area contributed by atoms with Gasteiger partial charge in [0.25, 0.3) is 0 Å². The molecule has 1 rings (SSSR count). The third-order valence-corrected chi connectivity index (χ3v) is 1.61. The van der Waals surface area contributed by atoms with Crippen LogP contribution >= 0.6 is 23.0 Å². The van der Waals surface area contributed by atoms with E-state index in [-0.39, 0.29) is 0 Å². The maximum Gasteiger partial charge on any atom is 0.192 e. The highest BCUT2D eigenvalue weighted by Gasteiger charge is 1.95. The molecule has 0 fully saturated rings. The SMILES string of the molecule is C=C(OI)c1cccnc1. The molecule has 0 unspecified atom stereocenters. The second-order valence-corrected chi connectivity index (χ2v) is 2.18. The monoisotopic (exact) mass is 247 g/mol. The van der Waals surface area contributed by atoms with Gasteiger partial charge in [0.05, 0.1) is 0 Å². The molecule has 10 heavy (non-hydrogen) atoms. The first-order chi connectivity index (χ1) is 4.84. The van der Waals surface area contributed by atoms with Crippen LogP contribution < -0.4 is 0 Å². The lowest BCUT2D eigenvalue weighted by molar-refractivity contribution is 0.677. The lowest BCUT2D eigenvalue weighted by Gasteiger charge is -1.98. The van der Waals surface area contributed by atoms with Crippen molar-refractivity contribution in [1.82, 2.24) is 4.98 Å². The summed E-state index contributed by atoms with van der Waals surface area (Å²) < 4.78 is 4.87. The van der Waals surface area contributed by atoms with Crippen LogP contribution in [0.1, 0.15) is 5.56 Å². The third-order valence-electron chi connectivity index (χ3n) is 1.08. The molecule has 0 radical (unpaired) electrons. The summed E-state index contributed by atoms with van der Waals surface area (Å²) in [6.07, 6.45) is 3.42. The zero-order valence-corrected chi connectivity index (χ0v) is 7.41. The smallest absolute Gasteiger partial charge is 0.192 e. The second-order valence-electron chi connectivity index (χ2n) is 1.74. The molecule has 0 spiro atoms. The van der Waals surface area contributed by atoms with Crippen LogP contribution in [-0.2, 0) is 3.07 Å². The van der Waals surface area contributed by atoms with Crippen LogP contribution in [0.25, 0.3) is 5.76 Å². The predicted octanol–water partition coefficient (Wildman–Crippen LogP) is 2.42. The van der Waals surface area contributed by atoms with Crippen LogP contribution in [0.3, 0.4) is 0 Å². The van der Waals surface area contributed by atoms with Crippen LogP contribution in [0.15, 0.2) is 31.1 Å². The molecule has 0 aliphatic carbocycles. The van der Waals surface area contributed by atoms with E-state index in [0.717, 1.165) is 5.56 Å². The fourth-order valence-corrected chi connectivity index (χ4v) is 0.827. The molecule has 0 amide bonds. The molecule has 0 atom stereocenters. The number of hydrogen-bond donors (Lipinski definition) is 0. The normalized spacial score (nSPS) is 8.90. The van der Waals surface area contributed by atoms with Crippen LogP contribution in [0.4, 0.5) is 0 Å². The minimum atomic E-state index is 0.633. The van der Waals surface area contributed by atoms with Crippen molar-refractivity contribution in [2.45, 2.75) is 0 Å². The molecule has 0 saturated carbocycles. The van der Waals surface area contributed by atoms with Gasteiger partial charge in [-0.05, 0) is 12.1 Å². The molecule has 2 nitrogen and oxygen atoms in total. The molecule has 0 aliphatic rings. The van der Waals surface area contributed by atoms with Crippen LogP contribution in [-0.4, -0.2) is 4.98 Å². The van der Waals surface area contributed by atoms with E-state index in [1.807, 2.05) is 12.1 Å². The highest BCUT2D eigenvalue weighted by atomic mass is 127. The molecule has 1 heterocycles. The van der Waals surface area contributed by atoms with E-state index in [2.05, 4.69) is 11.6 Å². The van der Waals surface area contributed by atoms with Gasteiger partial charge in [0.2, 0.25) is 0 Å². The molecule has 1 aromatic rings. The summed E-state index contributed by atoms with van der Waals surface area (Å²) in [5.41, 5.74) is 0.914. The third kappa shape index (κ3) is 1.70. The Balaban J connectivity index is 2.85. The standard InChI is InChI=1S/C7H6INO/c1-6(10-8)7-3-2-4-9-5-7/h2-5H,1H2. The van der Waals surface area contributed by atoms with Gasteiger partial charge in [-0.25, -0.2) is 0 Å². The summed E-state index contributed by atoms with van der Waals surface area (Å²) in [6, 6.07) is 3.74. The molecule has 0 aromatic carbocycles. The lowest BCUT2D eigenvalue weighted by atomic mass is 10.3. The van der Waals surface area contributed by atoms with Crippen molar-refractivity contribution >= 4 is 28.8 Å². The predicted molar refractivity (Wildman–Crippen MR) is 48.4 cm³/mol. The van der Waals surface area contributed by atoms with E-state index in [1.54, 1.807) is 35.4 Å². The number of hydrogen-bond acceptors (Lipinski definition) is 2. The van der Waals surface area contributed by atoms with Gasteiger partial charge in [-0.2, -0.15) is 0 Å². The second kappa shape index (κ2) is 3.55. The van der Waals surface area contributed by atoms with Crippen molar-refractivity contribution in [1.29, 1.82) is 0 Å². The topological polar surface area (TPSA) is 22.1 Å². The number of halogens is 1. The Kier molecular flexibility index (Phi) is 2.68. The first kappa shape index (κ1) is 7.53. The Hall–Kier alpha value is -0.580. The van der Waals surface area contributed by atoms with Crippen LogP contribution in [0.2, 0.25) is 0 Å². The van der Waals surface area contributed by atoms with E-state index >= 15 is 0 Å². The molecule has 0 aliphatic heterocycles. The molecule has 0 N–H and O–H groups in total. The van der Waals surface area contributed by atoms with E-state index < -0.39 is 0 Å². The van der Waals surface area contributed by atoms with Crippen LogP contribution in [0.5, 0.6) is 0 Å². The van der Waals surface area contributed by atoms with Gasteiger partial charge in [0.1, 0.15) is 5.76 Å². The van der Waals surface area contributed by atoms with Crippen molar-refractivity contribution in [3.05, 3.63) is 36.7 Å². The average Bonchev–Trinajstić information content (AvgIpc) is 2.05. The fraction of sp³-hybridized carbons (Fsp3) is 0. The van der Waals surface area contributed by atoms with Crippen molar-refractivity contribution in [3.63, 3.8) is 0 Å². The Morgan fingerprint density at radius 3 is 3.00 bits per heavy atom. The summed E-state index contributed by atoms with van der Waals surface area (Å²) in [7, 11) is 0. The number of nitrogens with zero attached hydrogens (tertiary/aromatic N) is 1. The van der Waals surface area contributed by atoms with E-state index in [0.29, 0.717) is 5.76 Å². The molecular formula is C7H6INO. The Labute approximate surface area is 73.6 Å². The van der Waals surface area contributed by atoms with Crippen molar-refractivity contribution in [2.24, 2.45) is 0 Å². The maximum atomic E-state index is 4.87. The number of rotatable bonds is 2. The summed E-state index contributed by atoms with van der Waals surface area (Å²) in [6.45, 7) is 3.67. The highest BCUT2D eigenvalue weighted by Crippen LogP contribution is 2.13. The number of pyridine rings is 1. The Morgan fingerprint density at radius 1 is 1.70 bits per heavy atom. The fourth-order valence-electron chi connectivity index (χ4n) is 0.572. The van der Waals surface area contributed by atoms with Crippen molar-refractivity contribution < 1.29 is 3.07 Å². The quantitative estimate of drug-likeness (QED) is 0.591. The van der Waals surface area contributed by atoms with Gasteiger partial charge in [-0.15, -0.1) is 0 Å². The van der Waals surface area contributed by atoms with E-state index in [4.69, 9.17) is 3.07 Å². The van der Waals surface area contributed by atoms with Gasteiger partial charge in [0, 0.05) is 18.0 Å². The van der Waals surface area contributed by atoms with Crippen molar-refractivity contribution in [3.8, 4) is 0 Å². The van der Waals surface area contributed by atoms with Gasteiger partial charge in [0.15, 0.2) is 23.0 Å². The highest BCUT2D eigenvalue weighted by molar-refractivity contribution is 14.1. The molecule has 0 bridgehead atoms. The summed E-state index contributed by atoms with van der Waals surface area (Å²) in [5.74, 6) is 0.633. The zero-order valence-electron chi connectivity index (χ0n) is 5.25. The summed E-state index contributed by atoms with van der Waals surface area (Å²) in [5, 5.41) is 0. The Bertz CT molecular complexity index is 222.